The van der Waals surface area contributed by atoms with E-state index < -0.39 is 0 Å². The molecule has 0 aliphatic carbocycles. The predicted octanol–water partition coefficient (Wildman–Crippen LogP) is 4.47. The number of carbonyl (C=O) groups is 1. The van der Waals surface area contributed by atoms with Gasteiger partial charge in [-0.15, -0.1) is 0 Å². The lowest BCUT2D eigenvalue weighted by molar-refractivity contribution is 0.0931. The van der Waals surface area contributed by atoms with Gasteiger partial charge < -0.3 is 10.2 Å². The number of piperidine rings is 1. The number of carbonyl (C=O) groups excluding carboxylic acids is 1. The van der Waals surface area contributed by atoms with Crippen LogP contribution in [0.3, 0.4) is 0 Å². The van der Waals surface area contributed by atoms with Gasteiger partial charge in [-0.3, -0.25) is 4.79 Å². The number of aromatic nitrogens is 2. The fraction of sp³-hybridized carbons (Fsp3) is 0.250. The summed E-state index contributed by atoms with van der Waals surface area (Å²) < 4.78 is 14.0. The Morgan fingerprint density at radius 1 is 1.11 bits per heavy atom. The summed E-state index contributed by atoms with van der Waals surface area (Å²) in [6.07, 6.45) is 2.87. The average Bonchev–Trinajstić information content (AvgIpc) is 2.70. The number of anilines is 1. The summed E-state index contributed by atoms with van der Waals surface area (Å²) in [4.78, 5) is 23.0. The highest BCUT2D eigenvalue weighted by molar-refractivity contribution is 6.43. The number of para-hydroxylation sites is 1. The Balaban J connectivity index is 1.45. The van der Waals surface area contributed by atoms with E-state index in [-0.39, 0.29) is 22.8 Å². The Morgan fingerprint density at radius 3 is 2.64 bits per heavy atom. The maximum absolute atomic E-state index is 14.0. The van der Waals surface area contributed by atoms with Crippen molar-refractivity contribution < 1.29 is 9.18 Å². The molecule has 3 aromatic rings. The SMILES string of the molecule is O=C(NC1CCN(c2ncnc3c(F)cccc23)CC1)c1cccc(Cl)c1Cl. The minimum Gasteiger partial charge on any atom is -0.356 e. The number of benzene rings is 2. The largest absolute Gasteiger partial charge is 0.356 e. The zero-order valence-corrected chi connectivity index (χ0v) is 16.3. The van der Waals surface area contributed by atoms with Gasteiger partial charge in [-0.05, 0) is 37.1 Å². The molecule has 28 heavy (non-hydrogen) atoms. The van der Waals surface area contributed by atoms with Crippen molar-refractivity contribution in [3.8, 4) is 0 Å². The lowest BCUT2D eigenvalue weighted by atomic mass is 10.0. The first-order chi connectivity index (χ1) is 13.5. The minimum atomic E-state index is -0.360. The lowest BCUT2D eigenvalue weighted by Crippen LogP contribution is -2.45. The molecule has 4 rings (SSSR count). The third kappa shape index (κ3) is 3.62. The summed E-state index contributed by atoms with van der Waals surface area (Å²) in [5, 5.41) is 4.32. The van der Waals surface area contributed by atoms with Crippen LogP contribution in [0.4, 0.5) is 10.2 Å². The lowest BCUT2D eigenvalue weighted by Gasteiger charge is -2.33. The van der Waals surface area contributed by atoms with Crippen LogP contribution in [0, 0.1) is 5.82 Å². The molecule has 0 spiro atoms. The van der Waals surface area contributed by atoms with Crippen LogP contribution >= 0.6 is 23.2 Å². The van der Waals surface area contributed by atoms with E-state index in [1.165, 1.54) is 12.4 Å². The second kappa shape index (κ2) is 7.89. The molecular formula is C20H17Cl2FN4O. The smallest absolute Gasteiger partial charge is 0.253 e. The molecule has 1 N–H and O–H groups in total. The summed E-state index contributed by atoms with van der Waals surface area (Å²) in [5.74, 6) is 0.120. The standard InChI is InChI=1S/C20H17Cl2FN4O/c21-15-5-1-3-13(17(15)22)20(28)26-12-7-9-27(10-8-12)19-14-4-2-6-16(23)18(14)24-11-25-19/h1-6,11-12H,7-10H2,(H,26,28). The van der Waals surface area contributed by atoms with Crippen molar-refractivity contribution in [2.45, 2.75) is 18.9 Å². The number of nitrogens with one attached hydrogen (secondary N) is 1. The Labute approximate surface area is 171 Å². The van der Waals surface area contributed by atoms with Gasteiger partial charge in [0.2, 0.25) is 0 Å². The molecule has 0 atom stereocenters. The summed E-state index contributed by atoms with van der Waals surface area (Å²) >= 11 is 12.1. The normalized spacial score (nSPS) is 15.0. The molecule has 1 aliphatic heterocycles. The number of halogens is 3. The molecule has 2 aromatic carbocycles. The summed E-state index contributed by atoms with van der Waals surface area (Å²) in [7, 11) is 0. The van der Waals surface area contributed by atoms with Crippen molar-refractivity contribution in [3.63, 3.8) is 0 Å². The van der Waals surface area contributed by atoms with E-state index in [1.807, 2.05) is 6.07 Å². The number of hydrogen-bond donors (Lipinski definition) is 1. The quantitative estimate of drug-likeness (QED) is 0.681. The van der Waals surface area contributed by atoms with Gasteiger partial charge in [-0.25, -0.2) is 14.4 Å². The summed E-state index contributed by atoms with van der Waals surface area (Å²) in [6, 6.07) is 9.89. The van der Waals surface area contributed by atoms with Crippen molar-refractivity contribution in [1.82, 2.24) is 15.3 Å². The second-order valence-corrected chi connectivity index (χ2v) is 7.45. The first-order valence-corrected chi connectivity index (χ1v) is 9.69. The molecule has 0 unspecified atom stereocenters. The molecule has 0 bridgehead atoms. The number of fused-ring (bicyclic) bond motifs is 1. The highest BCUT2D eigenvalue weighted by Crippen LogP contribution is 2.28. The second-order valence-electron chi connectivity index (χ2n) is 6.67. The molecule has 1 saturated heterocycles. The van der Waals surface area contributed by atoms with E-state index in [4.69, 9.17) is 23.2 Å². The van der Waals surface area contributed by atoms with Crippen molar-refractivity contribution >= 4 is 45.8 Å². The molecule has 144 valence electrons. The third-order valence-corrected chi connectivity index (χ3v) is 5.74. The van der Waals surface area contributed by atoms with Crippen LogP contribution in [-0.4, -0.2) is 35.0 Å². The van der Waals surface area contributed by atoms with Crippen LogP contribution in [0.1, 0.15) is 23.2 Å². The van der Waals surface area contributed by atoms with E-state index in [1.54, 1.807) is 24.3 Å². The van der Waals surface area contributed by atoms with Crippen LogP contribution in [0.5, 0.6) is 0 Å². The molecule has 1 aliphatic rings. The summed E-state index contributed by atoms with van der Waals surface area (Å²) in [5.41, 5.74) is 0.687. The van der Waals surface area contributed by atoms with Crippen LogP contribution in [-0.2, 0) is 0 Å². The number of hydrogen-bond acceptors (Lipinski definition) is 4. The van der Waals surface area contributed by atoms with Gasteiger partial charge in [0, 0.05) is 24.5 Å². The van der Waals surface area contributed by atoms with Crippen molar-refractivity contribution in [2.24, 2.45) is 0 Å². The van der Waals surface area contributed by atoms with E-state index in [0.717, 1.165) is 12.8 Å². The van der Waals surface area contributed by atoms with Crippen molar-refractivity contribution in [3.05, 3.63) is 64.2 Å². The molecule has 1 fully saturated rings. The molecule has 5 nitrogen and oxygen atoms in total. The molecule has 0 saturated carbocycles. The topological polar surface area (TPSA) is 58.1 Å². The molecular weight excluding hydrogens is 402 g/mol. The Morgan fingerprint density at radius 2 is 1.86 bits per heavy atom. The van der Waals surface area contributed by atoms with E-state index in [9.17, 15) is 9.18 Å². The van der Waals surface area contributed by atoms with Gasteiger partial charge in [0.25, 0.3) is 5.91 Å². The van der Waals surface area contributed by atoms with Crippen molar-refractivity contribution in [2.75, 3.05) is 18.0 Å². The van der Waals surface area contributed by atoms with Gasteiger partial charge in [0.05, 0.1) is 15.6 Å². The molecule has 2 heterocycles. The maximum atomic E-state index is 14.0. The van der Waals surface area contributed by atoms with E-state index >= 15 is 0 Å². The van der Waals surface area contributed by atoms with E-state index in [0.29, 0.717) is 40.4 Å². The third-order valence-electron chi connectivity index (χ3n) is 4.92. The maximum Gasteiger partial charge on any atom is 0.253 e. The highest BCUT2D eigenvalue weighted by Gasteiger charge is 2.24. The van der Waals surface area contributed by atoms with Crippen LogP contribution in [0.25, 0.3) is 10.9 Å². The minimum absolute atomic E-state index is 0.0173. The van der Waals surface area contributed by atoms with Crippen LogP contribution < -0.4 is 10.2 Å². The Hall–Kier alpha value is -2.44. The molecule has 1 aromatic heterocycles. The summed E-state index contributed by atoms with van der Waals surface area (Å²) in [6.45, 7) is 1.38. The first-order valence-electron chi connectivity index (χ1n) is 8.93. The van der Waals surface area contributed by atoms with Gasteiger partial charge in [0.15, 0.2) is 0 Å². The van der Waals surface area contributed by atoms with E-state index in [2.05, 4.69) is 20.2 Å². The Kier molecular flexibility index (Phi) is 5.33. The van der Waals surface area contributed by atoms with Gasteiger partial charge in [-0.2, -0.15) is 0 Å². The monoisotopic (exact) mass is 418 g/mol. The zero-order valence-electron chi connectivity index (χ0n) is 14.8. The number of amides is 1. The highest BCUT2D eigenvalue weighted by atomic mass is 35.5. The Bertz CT molecular complexity index is 1040. The first kappa shape index (κ1) is 18.9. The zero-order chi connectivity index (χ0) is 19.7. The predicted molar refractivity (Wildman–Crippen MR) is 109 cm³/mol. The molecule has 8 heteroatoms. The van der Waals surface area contributed by atoms with Gasteiger partial charge >= 0.3 is 0 Å². The van der Waals surface area contributed by atoms with Crippen LogP contribution in [0.15, 0.2) is 42.7 Å². The average molecular weight is 419 g/mol. The molecule has 0 radical (unpaired) electrons. The van der Waals surface area contributed by atoms with Gasteiger partial charge in [-0.1, -0.05) is 35.3 Å². The van der Waals surface area contributed by atoms with Crippen LogP contribution in [0.2, 0.25) is 10.0 Å². The van der Waals surface area contributed by atoms with Gasteiger partial charge in [0.1, 0.15) is 23.5 Å². The van der Waals surface area contributed by atoms with Crippen molar-refractivity contribution in [1.29, 1.82) is 0 Å². The fourth-order valence-corrected chi connectivity index (χ4v) is 3.85. The molecule has 1 amide bonds. The number of rotatable bonds is 3. The number of nitrogens with zero attached hydrogens (tertiary/aromatic N) is 3. The fourth-order valence-electron chi connectivity index (χ4n) is 3.47.